The zero-order chi connectivity index (χ0) is 17.8. The highest BCUT2D eigenvalue weighted by Gasteiger charge is 2.10. The van der Waals surface area contributed by atoms with Crippen LogP contribution in [0.2, 0.25) is 0 Å². The molecule has 3 aromatic rings. The summed E-state index contributed by atoms with van der Waals surface area (Å²) < 4.78 is 7.36. The number of anilines is 3. The number of nitrogen functional groups attached to an aromatic ring is 1. The topological polar surface area (TPSA) is 95.1 Å². The molecule has 1 aromatic heterocycles. The van der Waals surface area contributed by atoms with Crippen LogP contribution in [0, 0.1) is 0 Å². The van der Waals surface area contributed by atoms with Gasteiger partial charge in [0.25, 0.3) is 0 Å². The highest BCUT2D eigenvalue weighted by molar-refractivity contribution is 9.10. The van der Waals surface area contributed by atoms with E-state index in [9.17, 15) is 4.79 Å². The molecule has 0 aliphatic rings. The van der Waals surface area contributed by atoms with Crippen molar-refractivity contribution in [3.63, 3.8) is 0 Å². The van der Waals surface area contributed by atoms with Gasteiger partial charge >= 0.3 is 5.97 Å². The van der Waals surface area contributed by atoms with Gasteiger partial charge in [0.15, 0.2) is 0 Å². The molecular formula is C17H16BrN5O2. The van der Waals surface area contributed by atoms with Gasteiger partial charge in [-0.1, -0.05) is 28.1 Å². The summed E-state index contributed by atoms with van der Waals surface area (Å²) >= 11 is 3.45. The van der Waals surface area contributed by atoms with Crippen molar-refractivity contribution in [2.45, 2.75) is 6.54 Å². The van der Waals surface area contributed by atoms with Crippen LogP contribution in [0.25, 0.3) is 0 Å². The minimum atomic E-state index is -0.381. The number of carbonyl (C=O) groups excluding carboxylic acids is 1. The fourth-order valence-electron chi connectivity index (χ4n) is 2.31. The molecule has 0 atom stereocenters. The van der Waals surface area contributed by atoms with Crippen LogP contribution in [-0.4, -0.2) is 27.8 Å². The largest absolute Gasteiger partial charge is 0.465 e. The van der Waals surface area contributed by atoms with E-state index in [1.807, 2.05) is 24.3 Å². The van der Waals surface area contributed by atoms with Crippen molar-refractivity contribution >= 4 is 39.5 Å². The van der Waals surface area contributed by atoms with E-state index >= 15 is 0 Å². The lowest BCUT2D eigenvalue weighted by molar-refractivity contribution is 0.0601. The number of ether oxygens (including phenoxy) is 1. The monoisotopic (exact) mass is 401 g/mol. The third kappa shape index (κ3) is 4.16. The Balaban J connectivity index is 1.80. The third-order valence-electron chi connectivity index (χ3n) is 3.47. The highest BCUT2D eigenvalue weighted by atomic mass is 79.9. The summed E-state index contributed by atoms with van der Waals surface area (Å²) in [5.41, 5.74) is 8.04. The number of halogens is 1. The Bertz CT molecular complexity index is 892. The maximum atomic E-state index is 11.5. The van der Waals surface area contributed by atoms with Crippen LogP contribution in [0.15, 0.2) is 53.0 Å². The molecule has 128 valence electrons. The lowest BCUT2D eigenvalue weighted by Crippen LogP contribution is -2.07. The first-order chi connectivity index (χ1) is 12.0. The van der Waals surface area contributed by atoms with Crippen molar-refractivity contribution in [3.05, 3.63) is 64.1 Å². The first-order valence-corrected chi connectivity index (χ1v) is 8.24. The van der Waals surface area contributed by atoms with Crippen LogP contribution in [-0.2, 0) is 11.3 Å². The number of aromatic nitrogens is 3. The molecule has 0 fully saturated rings. The molecule has 0 amide bonds. The summed E-state index contributed by atoms with van der Waals surface area (Å²) in [6.45, 7) is 0.520. The summed E-state index contributed by atoms with van der Waals surface area (Å²) in [7, 11) is 1.35. The van der Waals surface area contributed by atoms with Gasteiger partial charge in [-0.25, -0.2) is 9.48 Å². The zero-order valence-corrected chi connectivity index (χ0v) is 15.0. The molecule has 0 spiro atoms. The molecule has 3 N–H and O–H groups in total. The van der Waals surface area contributed by atoms with E-state index in [1.165, 1.54) is 7.11 Å². The number of nitrogens with two attached hydrogens (primary N) is 1. The van der Waals surface area contributed by atoms with Crippen molar-refractivity contribution in [3.8, 4) is 0 Å². The van der Waals surface area contributed by atoms with E-state index < -0.39 is 0 Å². The molecule has 7 nitrogen and oxygen atoms in total. The van der Waals surface area contributed by atoms with Crippen molar-refractivity contribution < 1.29 is 9.53 Å². The fraction of sp³-hybridized carbons (Fsp3) is 0.118. The number of rotatable bonds is 5. The van der Waals surface area contributed by atoms with Gasteiger partial charge < -0.3 is 15.8 Å². The summed E-state index contributed by atoms with van der Waals surface area (Å²) in [5, 5.41) is 7.38. The SMILES string of the molecule is COC(=O)c1ccc(Nc2nc(N)nn2Cc2cccc(Br)c2)cc1. The van der Waals surface area contributed by atoms with E-state index in [1.54, 1.807) is 28.9 Å². The lowest BCUT2D eigenvalue weighted by atomic mass is 10.2. The number of nitrogens with zero attached hydrogens (tertiary/aromatic N) is 3. The summed E-state index contributed by atoms with van der Waals surface area (Å²) in [6.07, 6.45) is 0. The van der Waals surface area contributed by atoms with Crippen LogP contribution in [0.4, 0.5) is 17.6 Å². The van der Waals surface area contributed by atoms with Crippen LogP contribution >= 0.6 is 15.9 Å². The Morgan fingerprint density at radius 3 is 2.72 bits per heavy atom. The van der Waals surface area contributed by atoms with E-state index in [4.69, 9.17) is 5.73 Å². The average molecular weight is 402 g/mol. The second kappa shape index (κ2) is 7.35. The van der Waals surface area contributed by atoms with Crippen LogP contribution < -0.4 is 11.1 Å². The Morgan fingerprint density at radius 1 is 1.28 bits per heavy atom. The standard InChI is InChI=1S/C17H16BrN5O2/c1-25-15(24)12-5-7-14(8-6-12)20-17-21-16(19)22-23(17)10-11-3-2-4-13(18)9-11/h2-9H,10H2,1H3,(H3,19,20,21,22). The molecule has 1 heterocycles. The predicted molar refractivity (Wildman–Crippen MR) is 98.7 cm³/mol. The molecule has 8 heteroatoms. The van der Waals surface area contributed by atoms with Crippen LogP contribution in [0.3, 0.4) is 0 Å². The number of esters is 1. The molecule has 2 aromatic carbocycles. The van der Waals surface area contributed by atoms with Crippen molar-refractivity contribution in [2.24, 2.45) is 0 Å². The number of carbonyl (C=O) groups is 1. The second-order valence-electron chi connectivity index (χ2n) is 5.28. The van der Waals surface area contributed by atoms with E-state index in [2.05, 4.69) is 36.1 Å². The first kappa shape index (κ1) is 17.0. The predicted octanol–water partition coefficient (Wildman–Crippen LogP) is 3.20. The van der Waals surface area contributed by atoms with E-state index in [0.717, 1.165) is 15.7 Å². The molecule has 0 aliphatic carbocycles. The molecule has 25 heavy (non-hydrogen) atoms. The maximum absolute atomic E-state index is 11.5. The van der Waals surface area contributed by atoms with E-state index in [-0.39, 0.29) is 11.9 Å². The molecule has 0 saturated heterocycles. The first-order valence-electron chi connectivity index (χ1n) is 7.45. The van der Waals surface area contributed by atoms with Crippen molar-refractivity contribution in [1.29, 1.82) is 0 Å². The summed E-state index contributed by atoms with van der Waals surface area (Å²) in [4.78, 5) is 15.7. The molecule has 0 bridgehead atoms. The Morgan fingerprint density at radius 2 is 2.04 bits per heavy atom. The number of hydrogen-bond acceptors (Lipinski definition) is 6. The number of hydrogen-bond donors (Lipinski definition) is 2. The lowest BCUT2D eigenvalue weighted by Gasteiger charge is -2.09. The number of nitrogens with one attached hydrogen (secondary N) is 1. The third-order valence-corrected chi connectivity index (χ3v) is 3.96. The van der Waals surface area contributed by atoms with Crippen molar-refractivity contribution in [1.82, 2.24) is 14.8 Å². The normalized spacial score (nSPS) is 10.5. The van der Waals surface area contributed by atoms with Gasteiger partial charge in [0.05, 0.1) is 19.2 Å². The summed E-state index contributed by atoms with van der Waals surface area (Å²) in [6, 6.07) is 14.8. The van der Waals surface area contributed by atoms with Gasteiger partial charge in [0, 0.05) is 10.2 Å². The van der Waals surface area contributed by atoms with Gasteiger partial charge in [-0.3, -0.25) is 0 Å². The second-order valence-corrected chi connectivity index (χ2v) is 6.19. The van der Waals surface area contributed by atoms with E-state index in [0.29, 0.717) is 18.1 Å². The number of benzene rings is 2. The molecule has 3 rings (SSSR count). The van der Waals surface area contributed by atoms with Gasteiger partial charge in [0.2, 0.25) is 11.9 Å². The molecule has 0 saturated carbocycles. The fourth-order valence-corrected chi connectivity index (χ4v) is 2.75. The van der Waals surface area contributed by atoms with Gasteiger partial charge in [-0.2, -0.15) is 4.98 Å². The molecular weight excluding hydrogens is 386 g/mol. The van der Waals surface area contributed by atoms with Gasteiger partial charge in [-0.15, -0.1) is 5.10 Å². The van der Waals surface area contributed by atoms with Crippen LogP contribution in [0.1, 0.15) is 15.9 Å². The number of methoxy groups -OCH3 is 1. The quantitative estimate of drug-likeness (QED) is 0.637. The van der Waals surface area contributed by atoms with Crippen LogP contribution in [0.5, 0.6) is 0 Å². The molecule has 0 radical (unpaired) electrons. The summed E-state index contributed by atoms with van der Waals surface area (Å²) in [5.74, 6) is 0.320. The van der Waals surface area contributed by atoms with Gasteiger partial charge in [0.1, 0.15) is 0 Å². The van der Waals surface area contributed by atoms with Crippen molar-refractivity contribution in [2.75, 3.05) is 18.2 Å². The molecule has 0 unspecified atom stereocenters. The Hall–Kier alpha value is -2.87. The van der Waals surface area contributed by atoms with Gasteiger partial charge in [-0.05, 0) is 42.0 Å². The minimum Gasteiger partial charge on any atom is -0.465 e. The smallest absolute Gasteiger partial charge is 0.337 e. The Labute approximate surface area is 152 Å². The highest BCUT2D eigenvalue weighted by Crippen LogP contribution is 2.19. The zero-order valence-electron chi connectivity index (χ0n) is 13.4. The maximum Gasteiger partial charge on any atom is 0.337 e. The minimum absolute atomic E-state index is 0.184. The Kier molecular flexibility index (Phi) is 4.99. The molecule has 0 aliphatic heterocycles. The average Bonchev–Trinajstić information content (AvgIpc) is 2.94.